The van der Waals surface area contributed by atoms with E-state index in [0.29, 0.717) is 0 Å². The first-order chi connectivity index (χ1) is 4.16. The van der Waals surface area contributed by atoms with Gasteiger partial charge >= 0.3 is 0 Å². The van der Waals surface area contributed by atoms with Gasteiger partial charge in [-0.1, -0.05) is 0 Å². The number of aliphatic hydroxyl groups is 1. The average molecular weight is 128 g/mol. The van der Waals surface area contributed by atoms with Crippen LogP contribution in [0.15, 0.2) is 0 Å². The molecule has 0 bridgehead atoms. The summed E-state index contributed by atoms with van der Waals surface area (Å²) in [5, 5.41) is 18.8. The molecule has 1 atom stereocenters. The van der Waals surface area contributed by atoms with E-state index >= 15 is 0 Å². The molecule has 4 nitrogen and oxygen atoms in total. The molecule has 0 fully saturated rings. The maximum absolute atomic E-state index is 10.1. The third-order valence-corrected chi connectivity index (χ3v) is 0.655. The van der Waals surface area contributed by atoms with Crippen LogP contribution < -0.4 is 5.32 Å². The van der Waals surface area contributed by atoms with E-state index in [1.54, 1.807) is 6.07 Å². The molecule has 0 aromatic heterocycles. The maximum Gasteiger partial charge on any atom is 0.218 e. The first-order valence-electron chi connectivity index (χ1n) is 2.49. The molecule has 1 unspecified atom stereocenters. The highest BCUT2D eigenvalue weighted by Crippen LogP contribution is 1.81. The van der Waals surface area contributed by atoms with Gasteiger partial charge in [0.15, 0.2) is 0 Å². The second kappa shape index (κ2) is 3.87. The lowest BCUT2D eigenvalue weighted by atomic mass is 10.4. The molecule has 0 heterocycles. The van der Waals surface area contributed by atoms with Gasteiger partial charge in [-0.3, -0.25) is 4.79 Å². The lowest BCUT2D eigenvalue weighted by molar-refractivity contribution is -0.121. The van der Waals surface area contributed by atoms with Crippen LogP contribution in [0.1, 0.15) is 13.3 Å². The fourth-order valence-corrected chi connectivity index (χ4v) is 0.372. The van der Waals surface area contributed by atoms with E-state index in [1.165, 1.54) is 6.92 Å². The minimum atomic E-state index is -1.02. The molecule has 50 valence electrons. The lowest BCUT2D eigenvalue weighted by Crippen LogP contribution is -2.32. The number of nitriles is 1. The summed E-state index contributed by atoms with van der Waals surface area (Å²) in [5.41, 5.74) is 0. The molecule has 0 aliphatic rings. The maximum atomic E-state index is 10.1. The number of nitrogens with zero attached hydrogens (tertiary/aromatic N) is 1. The Bertz CT molecular complexity index is 138. The number of carbonyl (C=O) groups is 1. The van der Waals surface area contributed by atoms with Crippen LogP contribution in [0.3, 0.4) is 0 Å². The monoisotopic (exact) mass is 128 g/mol. The van der Waals surface area contributed by atoms with Gasteiger partial charge in [0.05, 0.1) is 12.5 Å². The molecule has 0 aromatic rings. The Kier molecular flexibility index (Phi) is 3.40. The van der Waals surface area contributed by atoms with Gasteiger partial charge < -0.3 is 10.4 Å². The number of amides is 1. The highest BCUT2D eigenvalue weighted by molar-refractivity contribution is 5.72. The van der Waals surface area contributed by atoms with Crippen LogP contribution in [0.4, 0.5) is 0 Å². The van der Waals surface area contributed by atoms with E-state index in [9.17, 15) is 4.79 Å². The summed E-state index contributed by atoms with van der Waals surface area (Å²) in [6.45, 7) is 1.28. The molecule has 0 spiro atoms. The van der Waals surface area contributed by atoms with E-state index in [2.05, 4.69) is 5.32 Å². The first kappa shape index (κ1) is 7.92. The summed E-state index contributed by atoms with van der Waals surface area (Å²) < 4.78 is 0. The molecule has 0 rings (SSSR count). The van der Waals surface area contributed by atoms with Gasteiger partial charge in [0, 0.05) is 6.92 Å². The Morgan fingerprint density at radius 2 is 2.56 bits per heavy atom. The third-order valence-electron chi connectivity index (χ3n) is 0.655. The van der Waals surface area contributed by atoms with Crippen molar-refractivity contribution >= 4 is 5.91 Å². The molecule has 0 saturated heterocycles. The zero-order chi connectivity index (χ0) is 7.28. The Labute approximate surface area is 53.1 Å². The predicted octanol–water partition coefficient (Wildman–Crippen LogP) is -0.645. The van der Waals surface area contributed by atoms with Crippen LogP contribution in [0, 0.1) is 11.3 Å². The average Bonchev–Trinajstić information content (AvgIpc) is 1.63. The van der Waals surface area contributed by atoms with E-state index < -0.39 is 6.23 Å². The van der Waals surface area contributed by atoms with Crippen molar-refractivity contribution in [3.63, 3.8) is 0 Å². The summed E-state index contributed by atoms with van der Waals surface area (Å²) in [5.74, 6) is -0.335. The quantitative estimate of drug-likeness (QED) is 0.485. The van der Waals surface area contributed by atoms with Crippen molar-refractivity contribution < 1.29 is 9.90 Å². The molecule has 1 amide bonds. The summed E-state index contributed by atoms with van der Waals surface area (Å²) in [6.07, 6.45) is -1.09. The molecule has 0 aliphatic carbocycles. The Hall–Kier alpha value is -1.08. The number of carbonyl (C=O) groups excluding carboxylic acids is 1. The molecule has 0 saturated carbocycles. The fourth-order valence-electron chi connectivity index (χ4n) is 0.372. The summed E-state index contributed by atoms with van der Waals surface area (Å²) in [4.78, 5) is 10.1. The summed E-state index contributed by atoms with van der Waals surface area (Å²) >= 11 is 0. The highest BCUT2D eigenvalue weighted by atomic mass is 16.3. The van der Waals surface area contributed by atoms with Gasteiger partial charge in [0.1, 0.15) is 6.23 Å². The molecule has 0 aromatic carbocycles. The normalized spacial score (nSPS) is 11.7. The standard InChI is InChI=1S/C5H8N2O2/c1-4(8)7-5(9)2-3-6/h5,9H,2H2,1H3,(H,7,8). The second-order valence-electron chi connectivity index (χ2n) is 1.58. The Balaban J connectivity index is 3.40. The summed E-state index contributed by atoms with van der Waals surface area (Å²) in [7, 11) is 0. The minimum absolute atomic E-state index is 0.0699. The highest BCUT2D eigenvalue weighted by Gasteiger charge is 2.01. The largest absolute Gasteiger partial charge is 0.373 e. The van der Waals surface area contributed by atoms with Crippen molar-refractivity contribution in [3.05, 3.63) is 0 Å². The molecule has 0 radical (unpaired) electrons. The van der Waals surface area contributed by atoms with Gasteiger partial charge in [-0.2, -0.15) is 5.26 Å². The van der Waals surface area contributed by atoms with Gasteiger partial charge in [-0.15, -0.1) is 0 Å². The molecule has 4 heteroatoms. The van der Waals surface area contributed by atoms with E-state index in [4.69, 9.17) is 10.4 Å². The van der Waals surface area contributed by atoms with Crippen LogP contribution in [0.2, 0.25) is 0 Å². The number of nitrogens with one attached hydrogen (secondary N) is 1. The van der Waals surface area contributed by atoms with Gasteiger partial charge in [-0.25, -0.2) is 0 Å². The van der Waals surface area contributed by atoms with Crippen LogP contribution in [-0.4, -0.2) is 17.2 Å². The fraction of sp³-hybridized carbons (Fsp3) is 0.600. The molecular formula is C5H8N2O2. The van der Waals surface area contributed by atoms with Gasteiger partial charge in [0.2, 0.25) is 5.91 Å². The number of aliphatic hydroxyl groups excluding tert-OH is 1. The number of hydrogen-bond acceptors (Lipinski definition) is 3. The smallest absolute Gasteiger partial charge is 0.218 e. The van der Waals surface area contributed by atoms with Gasteiger partial charge in [-0.05, 0) is 0 Å². The Morgan fingerprint density at radius 3 is 2.89 bits per heavy atom. The number of rotatable bonds is 2. The topological polar surface area (TPSA) is 73.1 Å². The van der Waals surface area contributed by atoms with Crippen LogP contribution in [-0.2, 0) is 4.79 Å². The van der Waals surface area contributed by atoms with E-state index in [-0.39, 0.29) is 12.3 Å². The Morgan fingerprint density at radius 1 is 2.00 bits per heavy atom. The predicted molar refractivity (Wildman–Crippen MR) is 30.1 cm³/mol. The van der Waals surface area contributed by atoms with Crippen LogP contribution in [0.25, 0.3) is 0 Å². The van der Waals surface area contributed by atoms with Crippen molar-refractivity contribution in [2.24, 2.45) is 0 Å². The summed E-state index contributed by atoms with van der Waals surface area (Å²) in [6, 6.07) is 1.71. The third kappa shape index (κ3) is 4.78. The lowest BCUT2D eigenvalue weighted by Gasteiger charge is -2.04. The van der Waals surface area contributed by atoms with E-state index in [0.717, 1.165) is 0 Å². The van der Waals surface area contributed by atoms with Crippen LogP contribution in [0.5, 0.6) is 0 Å². The van der Waals surface area contributed by atoms with Crippen molar-refractivity contribution in [3.8, 4) is 6.07 Å². The van der Waals surface area contributed by atoms with Crippen LogP contribution >= 0.6 is 0 Å². The molecular weight excluding hydrogens is 120 g/mol. The minimum Gasteiger partial charge on any atom is -0.373 e. The van der Waals surface area contributed by atoms with Crippen molar-refractivity contribution in [1.29, 1.82) is 5.26 Å². The zero-order valence-corrected chi connectivity index (χ0v) is 5.09. The molecule has 2 N–H and O–H groups in total. The van der Waals surface area contributed by atoms with Gasteiger partial charge in [0.25, 0.3) is 0 Å². The SMILES string of the molecule is CC(=O)NC(O)CC#N. The van der Waals surface area contributed by atoms with Crippen molar-refractivity contribution in [1.82, 2.24) is 5.32 Å². The van der Waals surface area contributed by atoms with E-state index in [1.807, 2.05) is 0 Å². The zero-order valence-electron chi connectivity index (χ0n) is 5.09. The van der Waals surface area contributed by atoms with Crippen molar-refractivity contribution in [2.75, 3.05) is 0 Å². The molecule has 0 aliphatic heterocycles. The molecule has 9 heavy (non-hydrogen) atoms. The van der Waals surface area contributed by atoms with Crippen molar-refractivity contribution in [2.45, 2.75) is 19.6 Å². The first-order valence-corrected chi connectivity index (χ1v) is 2.49. The number of hydrogen-bond donors (Lipinski definition) is 2. The second-order valence-corrected chi connectivity index (χ2v) is 1.58.